The Bertz CT molecular complexity index is 987. The quantitative estimate of drug-likeness (QED) is 0.487. The van der Waals surface area contributed by atoms with Crippen LogP contribution in [0.5, 0.6) is 11.5 Å². The van der Waals surface area contributed by atoms with E-state index in [0.29, 0.717) is 28.7 Å². The number of aliphatic hydroxyl groups is 1. The molecule has 1 amide bonds. The lowest BCUT2D eigenvalue weighted by atomic mass is 10.1. The summed E-state index contributed by atoms with van der Waals surface area (Å²) in [6.45, 7) is 2.17. The molecule has 0 fully saturated rings. The van der Waals surface area contributed by atoms with E-state index in [2.05, 4.69) is 5.32 Å². The molecule has 1 atom stereocenters. The second-order valence-corrected chi connectivity index (χ2v) is 7.54. The van der Waals surface area contributed by atoms with Crippen LogP contribution in [0, 0.1) is 0 Å². The molecule has 1 aromatic heterocycles. The molecular formula is C23H25NO5S. The lowest BCUT2D eigenvalue weighted by Crippen LogP contribution is -2.15. The summed E-state index contributed by atoms with van der Waals surface area (Å²) in [5, 5.41) is 13.9. The van der Waals surface area contributed by atoms with Gasteiger partial charge in [0, 0.05) is 17.0 Å². The highest BCUT2D eigenvalue weighted by molar-refractivity contribution is 7.19. The number of hydrogen-bond acceptors (Lipinski definition) is 6. The van der Waals surface area contributed by atoms with E-state index in [1.165, 1.54) is 11.3 Å². The third kappa shape index (κ3) is 5.18. The first-order valence-corrected chi connectivity index (χ1v) is 10.4. The zero-order valence-corrected chi connectivity index (χ0v) is 18.0. The zero-order valence-electron chi connectivity index (χ0n) is 17.2. The van der Waals surface area contributed by atoms with Crippen LogP contribution in [0.4, 0.5) is 5.00 Å². The molecule has 30 heavy (non-hydrogen) atoms. The van der Waals surface area contributed by atoms with Crippen LogP contribution in [0.15, 0.2) is 54.6 Å². The minimum absolute atomic E-state index is 0.156. The molecule has 2 aromatic carbocycles. The SMILES string of the molecule is CCOC(O)c1cc(-c2ccccc2)sc1NC(=O)Cc1ccc(OC)c(OC)c1. The van der Waals surface area contributed by atoms with Gasteiger partial charge < -0.3 is 24.6 Å². The molecule has 6 nitrogen and oxygen atoms in total. The Hall–Kier alpha value is -2.87. The van der Waals surface area contributed by atoms with Crippen LogP contribution >= 0.6 is 11.3 Å². The number of methoxy groups -OCH3 is 2. The van der Waals surface area contributed by atoms with Gasteiger partial charge in [-0.25, -0.2) is 0 Å². The highest BCUT2D eigenvalue weighted by atomic mass is 32.1. The number of anilines is 1. The molecule has 3 rings (SSSR count). The first-order valence-electron chi connectivity index (χ1n) is 9.55. The Morgan fingerprint density at radius 1 is 1.07 bits per heavy atom. The van der Waals surface area contributed by atoms with Gasteiger partial charge in [-0.15, -0.1) is 11.3 Å². The van der Waals surface area contributed by atoms with Crippen LogP contribution < -0.4 is 14.8 Å². The predicted molar refractivity (Wildman–Crippen MR) is 118 cm³/mol. The Morgan fingerprint density at radius 2 is 1.80 bits per heavy atom. The van der Waals surface area contributed by atoms with Gasteiger partial charge in [-0.2, -0.15) is 0 Å². The van der Waals surface area contributed by atoms with Crippen molar-refractivity contribution in [3.63, 3.8) is 0 Å². The maximum Gasteiger partial charge on any atom is 0.229 e. The van der Waals surface area contributed by atoms with E-state index in [-0.39, 0.29) is 12.3 Å². The minimum atomic E-state index is -1.11. The number of hydrogen-bond donors (Lipinski definition) is 2. The van der Waals surface area contributed by atoms with E-state index in [0.717, 1.165) is 16.0 Å². The topological polar surface area (TPSA) is 77.0 Å². The average molecular weight is 428 g/mol. The van der Waals surface area contributed by atoms with Crippen LogP contribution in [0.1, 0.15) is 24.3 Å². The summed E-state index contributed by atoms with van der Waals surface area (Å²) in [6.07, 6.45) is -0.955. The van der Waals surface area contributed by atoms with Crippen LogP contribution in [0.2, 0.25) is 0 Å². The predicted octanol–water partition coefficient (Wildman–Crippen LogP) is 4.64. The minimum Gasteiger partial charge on any atom is -0.493 e. The number of aliphatic hydroxyl groups excluding tert-OH is 1. The van der Waals surface area contributed by atoms with Gasteiger partial charge >= 0.3 is 0 Å². The molecule has 0 saturated heterocycles. The van der Waals surface area contributed by atoms with Gasteiger partial charge in [0.05, 0.1) is 20.6 Å². The maximum absolute atomic E-state index is 12.7. The molecule has 0 bridgehead atoms. The second kappa shape index (κ2) is 10.2. The zero-order chi connectivity index (χ0) is 21.5. The molecule has 3 aromatic rings. The number of carbonyl (C=O) groups is 1. The molecule has 0 aliphatic carbocycles. The van der Waals surface area contributed by atoms with E-state index in [1.807, 2.05) is 49.4 Å². The number of nitrogens with one attached hydrogen (secondary N) is 1. The number of thiophene rings is 1. The van der Waals surface area contributed by atoms with E-state index in [1.54, 1.807) is 26.4 Å². The van der Waals surface area contributed by atoms with Crippen molar-refractivity contribution < 1.29 is 24.1 Å². The van der Waals surface area contributed by atoms with E-state index in [9.17, 15) is 9.90 Å². The summed E-state index contributed by atoms with van der Waals surface area (Å²) < 4.78 is 15.9. The molecule has 7 heteroatoms. The van der Waals surface area contributed by atoms with Crippen molar-refractivity contribution in [2.75, 3.05) is 26.1 Å². The normalized spacial score (nSPS) is 11.7. The van der Waals surface area contributed by atoms with Crippen LogP contribution in [-0.2, 0) is 16.0 Å². The summed E-state index contributed by atoms with van der Waals surface area (Å²) >= 11 is 1.40. The van der Waals surface area contributed by atoms with Crippen molar-refractivity contribution in [2.45, 2.75) is 19.6 Å². The van der Waals surface area contributed by atoms with Crippen molar-refractivity contribution in [1.82, 2.24) is 0 Å². The van der Waals surface area contributed by atoms with Gasteiger partial charge in [0.1, 0.15) is 5.00 Å². The lowest BCUT2D eigenvalue weighted by molar-refractivity contribution is -0.115. The van der Waals surface area contributed by atoms with Crippen molar-refractivity contribution >= 4 is 22.2 Å². The second-order valence-electron chi connectivity index (χ2n) is 6.48. The first-order chi connectivity index (χ1) is 14.5. The fourth-order valence-electron chi connectivity index (χ4n) is 3.03. The molecule has 1 heterocycles. The molecule has 0 aliphatic heterocycles. The van der Waals surface area contributed by atoms with E-state index >= 15 is 0 Å². The molecule has 0 saturated carbocycles. The van der Waals surface area contributed by atoms with Crippen molar-refractivity contribution in [1.29, 1.82) is 0 Å². The smallest absolute Gasteiger partial charge is 0.229 e. The van der Waals surface area contributed by atoms with E-state index < -0.39 is 6.29 Å². The summed E-state index contributed by atoms with van der Waals surface area (Å²) in [4.78, 5) is 13.7. The van der Waals surface area contributed by atoms with Gasteiger partial charge in [-0.1, -0.05) is 36.4 Å². The van der Waals surface area contributed by atoms with Gasteiger partial charge in [0.25, 0.3) is 0 Å². The summed E-state index contributed by atoms with van der Waals surface area (Å²) in [6, 6.07) is 17.0. The lowest BCUT2D eigenvalue weighted by Gasteiger charge is -2.12. The van der Waals surface area contributed by atoms with Gasteiger partial charge in [0.2, 0.25) is 5.91 Å². The fourth-order valence-corrected chi connectivity index (χ4v) is 4.13. The number of benzene rings is 2. The molecule has 0 radical (unpaired) electrons. The Kier molecular flexibility index (Phi) is 7.46. The maximum atomic E-state index is 12.7. The van der Waals surface area contributed by atoms with E-state index in [4.69, 9.17) is 14.2 Å². The monoisotopic (exact) mass is 427 g/mol. The van der Waals surface area contributed by atoms with Crippen LogP contribution in [0.3, 0.4) is 0 Å². The van der Waals surface area contributed by atoms with Crippen LogP contribution in [0.25, 0.3) is 10.4 Å². The molecule has 0 spiro atoms. The van der Waals surface area contributed by atoms with Crippen molar-refractivity contribution in [3.05, 3.63) is 65.7 Å². The molecule has 2 N–H and O–H groups in total. The molecule has 0 aliphatic rings. The number of rotatable bonds is 9. The van der Waals surface area contributed by atoms with Crippen molar-refractivity contribution in [3.8, 4) is 21.9 Å². The Morgan fingerprint density at radius 3 is 2.47 bits per heavy atom. The number of carbonyl (C=O) groups excluding carboxylic acids is 1. The third-order valence-electron chi connectivity index (χ3n) is 4.48. The highest BCUT2D eigenvalue weighted by Crippen LogP contribution is 2.39. The third-order valence-corrected chi connectivity index (χ3v) is 5.59. The van der Waals surface area contributed by atoms with Gasteiger partial charge in [-0.05, 0) is 36.2 Å². The Balaban J connectivity index is 1.82. The first kappa shape index (κ1) is 21.8. The highest BCUT2D eigenvalue weighted by Gasteiger charge is 2.20. The number of amides is 1. The molecule has 1 unspecified atom stereocenters. The van der Waals surface area contributed by atoms with Gasteiger partial charge in [0.15, 0.2) is 17.8 Å². The molecule has 158 valence electrons. The average Bonchev–Trinajstić information content (AvgIpc) is 3.18. The fraction of sp³-hybridized carbons (Fsp3) is 0.261. The van der Waals surface area contributed by atoms with Crippen LogP contribution in [-0.4, -0.2) is 31.8 Å². The largest absolute Gasteiger partial charge is 0.493 e. The summed E-state index contributed by atoms with van der Waals surface area (Å²) in [5.74, 6) is 0.973. The summed E-state index contributed by atoms with van der Waals surface area (Å²) in [7, 11) is 3.12. The molecular weight excluding hydrogens is 402 g/mol. The summed E-state index contributed by atoms with van der Waals surface area (Å²) in [5.41, 5.74) is 2.34. The standard InChI is InChI=1S/C23H25NO5S/c1-4-29-23(26)17-14-20(16-8-6-5-7-9-16)30-22(17)24-21(25)13-15-10-11-18(27-2)19(12-15)28-3/h5-12,14,23,26H,4,13H2,1-3H3,(H,24,25). The number of ether oxygens (including phenoxy) is 3. The van der Waals surface area contributed by atoms with Crippen molar-refractivity contribution in [2.24, 2.45) is 0 Å². The Labute approximate surface area is 180 Å². The van der Waals surface area contributed by atoms with Gasteiger partial charge in [-0.3, -0.25) is 4.79 Å².